The molecule has 0 heterocycles. The molecule has 0 radical (unpaired) electrons. The van der Waals surface area contributed by atoms with Crippen molar-refractivity contribution in [3.8, 4) is 0 Å². The minimum absolute atomic E-state index is 0.108. The molecule has 11 nitrogen and oxygen atoms in total. The highest BCUT2D eigenvalue weighted by atomic mass is 32.2. The van der Waals surface area contributed by atoms with Crippen molar-refractivity contribution in [2.75, 3.05) is 35.2 Å². The number of nitrogens with two attached hydrogens (primary N) is 2. The van der Waals surface area contributed by atoms with Gasteiger partial charge in [-0.15, -0.1) is 0 Å². The Balaban J connectivity index is 1.94. The molecule has 2 atom stereocenters. The molecule has 0 bridgehead atoms. The van der Waals surface area contributed by atoms with E-state index in [1.165, 1.54) is 30.3 Å². The second-order valence-corrected chi connectivity index (χ2v) is 14.3. The van der Waals surface area contributed by atoms with Gasteiger partial charge in [0.15, 0.2) is 0 Å². The van der Waals surface area contributed by atoms with Gasteiger partial charge in [-0.05, 0) is 62.1 Å². The number of hydrogen-bond donors (Lipinski definition) is 3. The molecule has 12 heteroatoms. The number of carbonyl (C=O) groups excluding carboxylic acids is 3. The Morgan fingerprint density at radius 2 is 1.40 bits per heavy atom. The van der Waals surface area contributed by atoms with Crippen LogP contribution in [0.5, 0.6) is 0 Å². The summed E-state index contributed by atoms with van der Waals surface area (Å²) in [5, 5.41) is 1.35. The van der Waals surface area contributed by atoms with Crippen LogP contribution in [0, 0.1) is 17.3 Å². The molecule has 0 fully saturated rings. The first-order valence-corrected chi connectivity index (χ1v) is 16.3. The molecule has 3 aromatic carbocycles. The van der Waals surface area contributed by atoms with Gasteiger partial charge in [-0.25, -0.2) is 13.3 Å². The van der Waals surface area contributed by atoms with Crippen molar-refractivity contribution in [2.45, 2.75) is 58.5 Å². The number of amides is 2. The molecule has 2 amide bonds. The third-order valence-electron chi connectivity index (χ3n) is 7.58. The molecule has 0 aliphatic rings. The summed E-state index contributed by atoms with van der Waals surface area (Å²) in [5.74, 6) is -2.38. The highest BCUT2D eigenvalue weighted by Crippen LogP contribution is 2.32. The lowest BCUT2D eigenvalue weighted by molar-refractivity contribution is -0.151. The lowest BCUT2D eigenvalue weighted by Crippen LogP contribution is -2.54. The van der Waals surface area contributed by atoms with Crippen LogP contribution in [0.4, 0.5) is 17.1 Å². The summed E-state index contributed by atoms with van der Waals surface area (Å²) in [4.78, 5) is 42.8. The number of ether oxygens (including phenoxy) is 1. The van der Waals surface area contributed by atoms with E-state index in [4.69, 9.17) is 16.2 Å². The van der Waals surface area contributed by atoms with Crippen molar-refractivity contribution in [2.24, 2.45) is 28.7 Å². The fourth-order valence-corrected chi connectivity index (χ4v) is 5.82. The zero-order chi connectivity index (χ0) is 33.9. The Kier molecular flexibility index (Phi) is 11.0. The third kappa shape index (κ3) is 7.99. The molecule has 244 valence electrons. The van der Waals surface area contributed by atoms with E-state index in [0.717, 1.165) is 16.0 Å². The van der Waals surface area contributed by atoms with Crippen LogP contribution >= 0.6 is 0 Å². The van der Waals surface area contributed by atoms with E-state index in [-0.39, 0.29) is 34.7 Å². The molecule has 5 N–H and O–H groups in total. The molecule has 0 aliphatic heterocycles. The van der Waals surface area contributed by atoms with Crippen molar-refractivity contribution in [1.82, 2.24) is 0 Å². The van der Waals surface area contributed by atoms with E-state index in [0.29, 0.717) is 5.39 Å². The van der Waals surface area contributed by atoms with Gasteiger partial charge in [0.1, 0.15) is 12.6 Å². The van der Waals surface area contributed by atoms with Crippen molar-refractivity contribution in [3.05, 3.63) is 60.7 Å². The van der Waals surface area contributed by atoms with Gasteiger partial charge in [0.2, 0.25) is 5.91 Å². The number of hydrogen-bond acceptors (Lipinski definition) is 9. The maximum Gasteiger partial charge on any atom is 0.323 e. The first-order valence-electron chi connectivity index (χ1n) is 14.8. The van der Waals surface area contributed by atoms with Crippen LogP contribution in [0.15, 0.2) is 65.6 Å². The summed E-state index contributed by atoms with van der Waals surface area (Å²) < 4.78 is 35.0. The molecule has 0 unspecified atom stereocenters. The van der Waals surface area contributed by atoms with Crippen LogP contribution in [0.25, 0.3) is 10.8 Å². The SMILES string of the molecule is CC(C)[C@H](N)C(=O)OCC(C)(C)C(=O)N(C(=O)[C@@H](N)C(C)C)c1ccc(NS(=O)(=O)c2cccc3c(N(C)C)cccc23)cc1. The average molecular weight is 640 g/mol. The van der Waals surface area contributed by atoms with E-state index in [1.54, 1.807) is 59.7 Å². The summed E-state index contributed by atoms with van der Waals surface area (Å²) in [7, 11) is -0.245. The van der Waals surface area contributed by atoms with Crippen molar-refractivity contribution < 1.29 is 27.5 Å². The Labute approximate surface area is 265 Å². The highest BCUT2D eigenvalue weighted by molar-refractivity contribution is 7.93. The standard InChI is InChI=1S/C33H45N5O6S/c1-20(2)28(34)30(39)38(32(41)33(5,6)19-44-31(40)29(35)21(3)4)23-17-15-22(16-18-23)36-45(42,43)27-14-10-11-24-25(27)12-9-13-26(24)37(7)8/h9-18,20-21,28-29,36H,19,34-35H2,1-8H3/t28-,29-/m0/s1. The van der Waals surface area contributed by atoms with Gasteiger partial charge in [0.25, 0.3) is 15.9 Å². The van der Waals surface area contributed by atoms with E-state index in [2.05, 4.69) is 4.72 Å². The first-order chi connectivity index (χ1) is 20.9. The largest absolute Gasteiger partial charge is 0.463 e. The fourth-order valence-electron chi connectivity index (χ4n) is 4.54. The third-order valence-corrected chi connectivity index (χ3v) is 9.02. The molecular weight excluding hydrogens is 594 g/mol. The molecule has 45 heavy (non-hydrogen) atoms. The van der Waals surface area contributed by atoms with Crippen LogP contribution in [0.1, 0.15) is 41.5 Å². The molecule has 0 saturated heterocycles. The van der Waals surface area contributed by atoms with Gasteiger partial charge in [-0.1, -0.05) is 52.0 Å². The fraction of sp³-hybridized carbons (Fsp3) is 0.424. The number of rotatable bonds is 12. The molecule has 0 aromatic heterocycles. The van der Waals surface area contributed by atoms with E-state index >= 15 is 0 Å². The number of benzene rings is 3. The van der Waals surface area contributed by atoms with Gasteiger partial charge < -0.3 is 21.1 Å². The highest BCUT2D eigenvalue weighted by Gasteiger charge is 2.40. The number of imide groups is 1. The Bertz CT molecular complexity index is 1650. The quantitative estimate of drug-likeness (QED) is 0.247. The summed E-state index contributed by atoms with van der Waals surface area (Å²) in [6.45, 7) is 9.88. The number of fused-ring (bicyclic) bond motifs is 1. The number of nitrogens with zero attached hydrogens (tertiary/aromatic N) is 2. The predicted molar refractivity (Wildman–Crippen MR) is 178 cm³/mol. The smallest absolute Gasteiger partial charge is 0.323 e. The Morgan fingerprint density at radius 3 is 1.96 bits per heavy atom. The molecule has 0 spiro atoms. The first kappa shape index (κ1) is 35.5. The van der Waals surface area contributed by atoms with E-state index < -0.39 is 45.3 Å². The van der Waals surface area contributed by atoms with E-state index in [9.17, 15) is 22.8 Å². The Morgan fingerprint density at radius 1 is 0.844 bits per heavy atom. The predicted octanol–water partition coefficient (Wildman–Crippen LogP) is 4.10. The van der Waals surface area contributed by atoms with Crippen molar-refractivity contribution >= 4 is 55.6 Å². The van der Waals surface area contributed by atoms with Gasteiger partial charge >= 0.3 is 5.97 Å². The number of carbonyl (C=O) groups is 3. The molecule has 0 saturated carbocycles. The second-order valence-electron chi connectivity index (χ2n) is 12.7. The zero-order valence-electron chi connectivity index (χ0n) is 27.2. The van der Waals surface area contributed by atoms with Gasteiger partial charge in [-0.2, -0.15) is 0 Å². The lowest BCUT2D eigenvalue weighted by atomic mass is 9.91. The molecule has 3 rings (SSSR count). The summed E-state index contributed by atoms with van der Waals surface area (Å²) in [6.07, 6.45) is 0. The average Bonchev–Trinajstić information content (AvgIpc) is 2.98. The van der Waals surface area contributed by atoms with Crippen LogP contribution in [0.3, 0.4) is 0 Å². The number of sulfonamides is 1. The Hall–Kier alpha value is -4.00. The zero-order valence-corrected chi connectivity index (χ0v) is 28.0. The normalized spacial score (nSPS) is 13.4. The minimum atomic E-state index is -4.02. The molecule has 0 aliphatic carbocycles. The van der Waals surface area contributed by atoms with Crippen molar-refractivity contribution in [1.29, 1.82) is 0 Å². The summed E-state index contributed by atoms with van der Waals surface area (Å²) in [6, 6.07) is 14.6. The topological polar surface area (TPSA) is 165 Å². The number of esters is 1. The van der Waals surface area contributed by atoms with Crippen LogP contribution in [-0.2, 0) is 29.1 Å². The van der Waals surface area contributed by atoms with Gasteiger partial charge in [-0.3, -0.25) is 19.1 Å². The van der Waals surface area contributed by atoms with Gasteiger partial charge in [0, 0.05) is 36.2 Å². The maximum absolute atomic E-state index is 13.9. The summed E-state index contributed by atoms with van der Waals surface area (Å²) in [5.41, 5.74) is 12.0. The minimum Gasteiger partial charge on any atom is -0.463 e. The van der Waals surface area contributed by atoms with Gasteiger partial charge in [0.05, 0.1) is 22.0 Å². The monoisotopic (exact) mass is 639 g/mol. The summed E-state index contributed by atoms with van der Waals surface area (Å²) >= 11 is 0. The van der Waals surface area contributed by atoms with Crippen LogP contribution < -0.4 is 26.0 Å². The van der Waals surface area contributed by atoms with Crippen LogP contribution in [0.2, 0.25) is 0 Å². The molecule has 3 aromatic rings. The van der Waals surface area contributed by atoms with E-state index in [1.807, 2.05) is 31.1 Å². The maximum atomic E-state index is 13.9. The number of nitrogens with one attached hydrogen (secondary N) is 1. The van der Waals surface area contributed by atoms with Crippen molar-refractivity contribution in [3.63, 3.8) is 0 Å². The lowest BCUT2D eigenvalue weighted by Gasteiger charge is -2.33. The van der Waals surface area contributed by atoms with Crippen LogP contribution in [-0.4, -0.2) is 59.0 Å². The second kappa shape index (κ2) is 14.0. The number of anilines is 3. The molecular formula is C33H45N5O6S.